The maximum Gasteiger partial charge on any atom is 0.320 e. The van der Waals surface area contributed by atoms with Crippen molar-refractivity contribution in [3.05, 3.63) is 47.7 Å². The van der Waals surface area contributed by atoms with E-state index in [1.807, 2.05) is 24.3 Å². The van der Waals surface area contributed by atoms with E-state index in [-0.39, 0.29) is 12.6 Å². The van der Waals surface area contributed by atoms with Gasteiger partial charge in [0.2, 0.25) is 0 Å². The Morgan fingerprint density at radius 1 is 1.30 bits per heavy atom. The molecule has 2 aromatic rings. The zero-order chi connectivity index (χ0) is 16.4. The second kappa shape index (κ2) is 5.95. The molecular weight excluding hydrogens is 318 g/mol. The summed E-state index contributed by atoms with van der Waals surface area (Å²) in [5, 5.41) is 10.3. The lowest BCUT2D eigenvalue weighted by Gasteiger charge is -2.20. The van der Waals surface area contributed by atoms with Gasteiger partial charge in [-0.15, -0.1) is 0 Å². The molecule has 1 aromatic heterocycles. The second-order valence-electron chi connectivity index (χ2n) is 5.06. The Kier molecular flexibility index (Phi) is 3.99. The Morgan fingerprint density at radius 2 is 2.13 bits per heavy atom. The molecule has 0 saturated heterocycles. The number of fused-ring (bicyclic) bond motifs is 1. The number of hydrogen-bond donors (Lipinski definition) is 4. The monoisotopic (exact) mass is 333 g/mol. The Morgan fingerprint density at radius 3 is 2.91 bits per heavy atom. The standard InChI is InChI=1S/C14H15N5O3S/c15-23(21,22)18-7-9-2-1-3-10(6-9)11-4-5-16-13-12(11)8-17-14(20)19-13/h1-6,18H,7-8H2,(H2,15,21,22)(H2,16,17,19,20). The van der Waals surface area contributed by atoms with E-state index in [1.165, 1.54) is 0 Å². The van der Waals surface area contributed by atoms with Gasteiger partial charge in [0.15, 0.2) is 0 Å². The molecule has 2 amide bonds. The summed E-state index contributed by atoms with van der Waals surface area (Å²) in [5.74, 6) is 0.527. The number of carbonyl (C=O) groups excluding carboxylic acids is 1. The van der Waals surface area contributed by atoms with Crippen molar-refractivity contribution in [3.63, 3.8) is 0 Å². The van der Waals surface area contributed by atoms with Gasteiger partial charge >= 0.3 is 6.03 Å². The highest BCUT2D eigenvalue weighted by Gasteiger charge is 2.18. The van der Waals surface area contributed by atoms with Crippen LogP contribution < -0.4 is 20.5 Å². The van der Waals surface area contributed by atoms with Crippen molar-refractivity contribution < 1.29 is 13.2 Å². The van der Waals surface area contributed by atoms with Gasteiger partial charge in [-0.05, 0) is 28.8 Å². The number of pyridine rings is 1. The van der Waals surface area contributed by atoms with Gasteiger partial charge in [0.05, 0.1) is 0 Å². The molecule has 120 valence electrons. The Labute approximate surface area is 133 Å². The van der Waals surface area contributed by atoms with Crippen molar-refractivity contribution in [1.82, 2.24) is 15.0 Å². The normalized spacial score (nSPS) is 13.9. The molecule has 0 fully saturated rings. The van der Waals surface area contributed by atoms with Crippen molar-refractivity contribution in [2.75, 3.05) is 5.32 Å². The maximum absolute atomic E-state index is 11.4. The number of aromatic nitrogens is 1. The van der Waals surface area contributed by atoms with E-state index in [2.05, 4.69) is 20.3 Å². The first kappa shape index (κ1) is 15.4. The van der Waals surface area contributed by atoms with Crippen LogP contribution in [0.3, 0.4) is 0 Å². The van der Waals surface area contributed by atoms with Crippen LogP contribution in [0.5, 0.6) is 0 Å². The Bertz CT molecular complexity index is 866. The van der Waals surface area contributed by atoms with E-state index in [1.54, 1.807) is 12.3 Å². The van der Waals surface area contributed by atoms with E-state index < -0.39 is 10.2 Å². The first-order valence-electron chi connectivity index (χ1n) is 6.82. The first-order chi connectivity index (χ1) is 10.9. The minimum Gasteiger partial charge on any atom is -0.334 e. The number of nitrogens with two attached hydrogens (primary N) is 1. The molecule has 0 spiro atoms. The van der Waals surface area contributed by atoms with E-state index >= 15 is 0 Å². The highest BCUT2D eigenvalue weighted by Crippen LogP contribution is 2.29. The highest BCUT2D eigenvalue weighted by molar-refractivity contribution is 7.87. The number of nitrogens with zero attached hydrogens (tertiary/aromatic N) is 1. The van der Waals surface area contributed by atoms with Gasteiger partial charge in [-0.25, -0.2) is 14.9 Å². The van der Waals surface area contributed by atoms with Crippen molar-refractivity contribution >= 4 is 22.1 Å². The molecule has 0 atom stereocenters. The van der Waals surface area contributed by atoms with Gasteiger partial charge in [0.25, 0.3) is 10.2 Å². The predicted octanol–water partition coefficient (Wildman–Crippen LogP) is 0.677. The average molecular weight is 333 g/mol. The van der Waals surface area contributed by atoms with Crippen LogP contribution in [0.25, 0.3) is 11.1 Å². The van der Waals surface area contributed by atoms with Gasteiger partial charge in [0, 0.05) is 24.8 Å². The van der Waals surface area contributed by atoms with E-state index in [4.69, 9.17) is 5.14 Å². The average Bonchev–Trinajstić information content (AvgIpc) is 2.52. The van der Waals surface area contributed by atoms with Crippen molar-refractivity contribution in [1.29, 1.82) is 0 Å². The molecule has 9 heteroatoms. The molecule has 2 heterocycles. The van der Waals surface area contributed by atoms with Gasteiger partial charge in [-0.1, -0.05) is 18.2 Å². The fraction of sp³-hybridized carbons (Fsp3) is 0.143. The van der Waals surface area contributed by atoms with Crippen LogP contribution in [0.2, 0.25) is 0 Å². The lowest BCUT2D eigenvalue weighted by molar-refractivity contribution is 0.250. The molecule has 0 unspecified atom stereocenters. The van der Waals surface area contributed by atoms with Gasteiger partial charge in [0.1, 0.15) is 5.82 Å². The second-order valence-corrected chi connectivity index (χ2v) is 6.44. The molecule has 3 rings (SSSR count). The van der Waals surface area contributed by atoms with Crippen LogP contribution in [-0.2, 0) is 23.3 Å². The van der Waals surface area contributed by atoms with Gasteiger partial charge in [-0.2, -0.15) is 13.1 Å². The van der Waals surface area contributed by atoms with Crippen LogP contribution in [0.15, 0.2) is 36.5 Å². The number of amides is 2. The van der Waals surface area contributed by atoms with Crippen molar-refractivity contribution in [3.8, 4) is 11.1 Å². The summed E-state index contributed by atoms with van der Waals surface area (Å²) in [4.78, 5) is 15.5. The molecule has 1 aliphatic rings. The summed E-state index contributed by atoms with van der Waals surface area (Å²) in [5.41, 5.74) is 3.47. The smallest absolute Gasteiger partial charge is 0.320 e. The number of urea groups is 1. The number of carbonyl (C=O) groups is 1. The minimum absolute atomic E-state index is 0.106. The molecule has 8 nitrogen and oxygen atoms in total. The summed E-state index contributed by atoms with van der Waals surface area (Å²) in [6, 6.07) is 8.97. The van der Waals surface area contributed by atoms with Crippen molar-refractivity contribution in [2.24, 2.45) is 5.14 Å². The molecule has 23 heavy (non-hydrogen) atoms. The summed E-state index contributed by atoms with van der Waals surface area (Å²) in [6.45, 7) is 0.485. The van der Waals surface area contributed by atoms with Gasteiger partial charge < -0.3 is 5.32 Å². The molecule has 0 bridgehead atoms. The van der Waals surface area contributed by atoms with Crippen LogP contribution >= 0.6 is 0 Å². The molecular formula is C14H15N5O3S. The summed E-state index contributed by atoms with van der Waals surface area (Å²) >= 11 is 0. The third-order valence-electron chi connectivity index (χ3n) is 3.43. The fourth-order valence-corrected chi connectivity index (χ4v) is 2.77. The SMILES string of the molecule is NS(=O)(=O)NCc1cccc(-c2ccnc3c2CNC(=O)N3)c1. The first-order valence-corrected chi connectivity index (χ1v) is 8.36. The van der Waals surface area contributed by atoms with E-state index in [0.717, 1.165) is 22.3 Å². The lowest BCUT2D eigenvalue weighted by atomic mass is 9.98. The Balaban J connectivity index is 1.94. The number of rotatable bonds is 4. The van der Waals surface area contributed by atoms with Crippen molar-refractivity contribution in [2.45, 2.75) is 13.1 Å². The summed E-state index contributed by atoms with van der Waals surface area (Å²) < 4.78 is 24.2. The predicted molar refractivity (Wildman–Crippen MR) is 85.5 cm³/mol. The highest BCUT2D eigenvalue weighted by atomic mass is 32.2. The molecule has 0 radical (unpaired) electrons. The third kappa shape index (κ3) is 3.65. The van der Waals surface area contributed by atoms with Crippen LogP contribution in [-0.4, -0.2) is 19.4 Å². The largest absolute Gasteiger partial charge is 0.334 e. The quantitative estimate of drug-likeness (QED) is 0.656. The maximum atomic E-state index is 11.4. The number of anilines is 1. The number of benzene rings is 1. The van der Waals surface area contributed by atoms with Crippen LogP contribution in [0.4, 0.5) is 10.6 Å². The topological polar surface area (TPSA) is 126 Å². The zero-order valence-corrected chi connectivity index (χ0v) is 12.9. The van der Waals surface area contributed by atoms with Gasteiger partial charge in [-0.3, -0.25) is 5.32 Å². The number of hydrogen-bond acceptors (Lipinski definition) is 4. The van der Waals surface area contributed by atoms with Crippen LogP contribution in [0.1, 0.15) is 11.1 Å². The third-order valence-corrected chi connectivity index (χ3v) is 3.98. The fourth-order valence-electron chi connectivity index (χ4n) is 2.40. The zero-order valence-electron chi connectivity index (χ0n) is 12.0. The molecule has 0 saturated carbocycles. The van der Waals surface area contributed by atoms with Crippen LogP contribution in [0, 0.1) is 0 Å². The molecule has 1 aliphatic heterocycles. The molecule has 5 N–H and O–H groups in total. The molecule has 0 aliphatic carbocycles. The summed E-state index contributed by atoms with van der Waals surface area (Å²) in [7, 11) is -3.74. The van der Waals surface area contributed by atoms with E-state index in [0.29, 0.717) is 12.4 Å². The summed E-state index contributed by atoms with van der Waals surface area (Å²) in [6.07, 6.45) is 1.62. The van der Waals surface area contributed by atoms with E-state index in [9.17, 15) is 13.2 Å². The minimum atomic E-state index is -3.74. The molecule has 1 aromatic carbocycles. The number of nitrogens with one attached hydrogen (secondary N) is 3. The Hall–Kier alpha value is -2.49. The lowest BCUT2D eigenvalue weighted by Crippen LogP contribution is -2.34.